The van der Waals surface area contributed by atoms with Crippen molar-refractivity contribution in [1.82, 2.24) is 0 Å². The zero-order valence-corrected chi connectivity index (χ0v) is 16.7. The van der Waals surface area contributed by atoms with Gasteiger partial charge < -0.3 is 10.2 Å². The number of hydrogen-bond acceptors (Lipinski definition) is 2. The molecule has 27 heavy (non-hydrogen) atoms. The van der Waals surface area contributed by atoms with Crippen molar-refractivity contribution in [3.05, 3.63) is 58.9 Å². The Morgan fingerprint density at radius 2 is 2.00 bits per heavy atom. The third kappa shape index (κ3) is 4.32. The van der Waals surface area contributed by atoms with Gasteiger partial charge in [0.25, 0.3) is 5.91 Å². The van der Waals surface area contributed by atoms with E-state index in [1.54, 1.807) is 6.07 Å². The molecule has 0 aromatic heterocycles. The number of rotatable bonds is 5. The van der Waals surface area contributed by atoms with Gasteiger partial charge in [-0.1, -0.05) is 26.3 Å². The summed E-state index contributed by atoms with van der Waals surface area (Å²) in [4.78, 5) is 15.0. The molecule has 1 saturated heterocycles. The summed E-state index contributed by atoms with van der Waals surface area (Å²) < 4.78 is 13.5. The molecule has 1 amide bonds. The maximum Gasteiger partial charge on any atom is 0.256 e. The molecule has 0 spiro atoms. The molecule has 1 heterocycles. The van der Waals surface area contributed by atoms with E-state index in [2.05, 4.69) is 36.2 Å². The molecule has 3 nitrogen and oxygen atoms in total. The van der Waals surface area contributed by atoms with Crippen LogP contribution >= 0.6 is 0 Å². The number of carbonyl (C=O) groups excluding carboxylic acids is 1. The van der Waals surface area contributed by atoms with Gasteiger partial charge in [0, 0.05) is 30.0 Å². The lowest BCUT2D eigenvalue weighted by Gasteiger charge is -2.22. The molecule has 2 unspecified atom stereocenters. The van der Waals surface area contributed by atoms with Crippen LogP contribution in [0.2, 0.25) is 0 Å². The molecule has 1 aliphatic heterocycles. The fraction of sp³-hybridized carbons (Fsp3) is 0.435. The van der Waals surface area contributed by atoms with Gasteiger partial charge in [-0.05, 0) is 73.6 Å². The molecule has 0 saturated carbocycles. The van der Waals surface area contributed by atoms with Gasteiger partial charge in [0.2, 0.25) is 0 Å². The summed E-state index contributed by atoms with van der Waals surface area (Å²) in [6, 6.07) is 10.4. The van der Waals surface area contributed by atoms with E-state index in [1.807, 2.05) is 19.9 Å². The number of benzene rings is 2. The van der Waals surface area contributed by atoms with Gasteiger partial charge >= 0.3 is 0 Å². The third-order valence-corrected chi connectivity index (χ3v) is 5.94. The Morgan fingerprint density at radius 1 is 1.22 bits per heavy atom. The van der Waals surface area contributed by atoms with Crippen LogP contribution in [0, 0.1) is 31.5 Å². The highest BCUT2D eigenvalue weighted by atomic mass is 19.1. The average Bonchev–Trinajstić information content (AvgIpc) is 3.14. The number of carbonyl (C=O) groups is 1. The van der Waals surface area contributed by atoms with Crippen molar-refractivity contribution in [3.8, 4) is 0 Å². The zero-order chi connectivity index (χ0) is 19.6. The fourth-order valence-electron chi connectivity index (χ4n) is 3.83. The van der Waals surface area contributed by atoms with Crippen LogP contribution in [0.25, 0.3) is 0 Å². The van der Waals surface area contributed by atoms with Crippen molar-refractivity contribution < 1.29 is 9.18 Å². The lowest BCUT2D eigenvalue weighted by atomic mass is 9.91. The van der Waals surface area contributed by atoms with Crippen LogP contribution in [0.1, 0.15) is 48.2 Å². The van der Waals surface area contributed by atoms with Crippen LogP contribution in [0.4, 0.5) is 15.8 Å². The minimum atomic E-state index is -0.400. The first-order valence-corrected chi connectivity index (χ1v) is 9.82. The number of aryl methyl sites for hydroxylation is 2. The summed E-state index contributed by atoms with van der Waals surface area (Å²) in [6.45, 7) is 10.6. The van der Waals surface area contributed by atoms with Gasteiger partial charge in [-0.3, -0.25) is 4.79 Å². The van der Waals surface area contributed by atoms with E-state index in [9.17, 15) is 9.18 Å². The number of halogens is 1. The summed E-state index contributed by atoms with van der Waals surface area (Å²) in [6.07, 6.45) is 2.47. The Hall–Kier alpha value is -2.36. The Kier molecular flexibility index (Phi) is 5.83. The summed E-state index contributed by atoms with van der Waals surface area (Å²) in [5, 5.41) is 2.92. The molecule has 2 aromatic rings. The molecule has 0 radical (unpaired) electrons. The first-order valence-electron chi connectivity index (χ1n) is 9.82. The van der Waals surface area contributed by atoms with Crippen LogP contribution in [0.5, 0.6) is 0 Å². The summed E-state index contributed by atoms with van der Waals surface area (Å²) in [7, 11) is 0. The topological polar surface area (TPSA) is 32.3 Å². The average molecular weight is 368 g/mol. The molecule has 144 valence electrons. The number of nitrogens with one attached hydrogen (secondary N) is 1. The largest absolute Gasteiger partial charge is 0.371 e. The van der Waals surface area contributed by atoms with Crippen molar-refractivity contribution >= 4 is 17.3 Å². The quantitative estimate of drug-likeness (QED) is 0.748. The molecule has 2 atom stereocenters. The highest BCUT2D eigenvalue weighted by molar-refractivity contribution is 6.05. The van der Waals surface area contributed by atoms with Crippen LogP contribution in [0.15, 0.2) is 36.4 Å². The molecule has 1 N–H and O–H groups in total. The second kappa shape index (κ2) is 8.12. The van der Waals surface area contributed by atoms with Gasteiger partial charge in [0.1, 0.15) is 5.82 Å². The highest BCUT2D eigenvalue weighted by Crippen LogP contribution is 2.31. The molecule has 3 rings (SSSR count). The summed E-state index contributed by atoms with van der Waals surface area (Å²) in [5.74, 6) is 0.832. The van der Waals surface area contributed by atoms with Gasteiger partial charge in [0.15, 0.2) is 0 Å². The van der Waals surface area contributed by atoms with E-state index < -0.39 is 5.82 Å². The first-order chi connectivity index (χ1) is 12.9. The van der Waals surface area contributed by atoms with E-state index in [-0.39, 0.29) is 5.91 Å². The normalized spacial score (nSPS) is 17.8. The Labute approximate surface area is 161 Å². The van der Waals surface area contributed by atoms with Crippen LogP contribution < -0.4 is 10.2 Å². The Balaban J connectivity index is 1.72. The maximum atomic E-state index is 13.5. The summed E-state index contributed by atoms with van der Waals surface area (Å²) >= 11 is 0. The van der Waals surface area contributed by atoms with Crippen LogP contribution in [-0.2, 0) is 0 Å². The molecule has 0 aliphatic carbocycles. The molecular weight excluding hydrogens is 339 g/mol. The van der Waals surface area contributed by atoms with Crippen LogP contribution in [-0.4, -0.2) is 19.0 Å². The van der Waals surface area contributed by atoms with Gasteiger partial charge in [-0.25, -0.2) is 4.39 Å². The number of hydrogen-bond donors (Lipinski definition) is 1. The van der Waals surface area contributed by atoms with E-state index in [0.717, 1.165) is 41.7 Å². The molecule has 1 aliphatic rings. The monoisotopic (exact) mass is 368 g/mol. The lowest BCUT2D eigenvalue weighted by Crippen LogP contribution is -2.22. The van der Waals surface area contributed by atoms with Crippen molar-refractivity contribution in [2.24, 2.45) is 11.8 Å². The fourth-order valence-corrected chi connectivity index (χ4v) is 3.83. The smallest absolute Gasteiger partial charge is 0.256 e. The molecular formula is C23H29FN2O. The van der Waals surface area contributed by atoms with Crippen molar-refractivity contribution in [2.75, 3.05) is 23.3 Å². The Morgan fingerprint density at radius 3 is 2.70 bits per heavy atom. The predicted molar refractivity (Wildman–Crippen MR) is 110 cm³/mol. The second-order valence-corrected chi connectivity index (χ2v) is 7.79. The molecule has 4 heteroatoms. The number of amides is 1. The van der Waals surface area contributed by atoms with E-state index >= 15 is 0 Å². The molecule has 2 aromatic carbocycles. The first kappa shape index (κ1) is 19.4. The summed E-state index contributed by atoms with van der Waals surface area (Å²) in [5.41, 5.74) is 4.12. The van der Waals surface area contributed by atoms with E-state index in [1.165, 1.54) is 30.7 Å². The standard InChI is InChI=1S/C23H29FN2O/c1-5-15(2)18-10-11-26(14-18)20-8-9-22(17(4)12-20)25-23(27)21-13-19(24)7-6-16(21)3/h6-9,12-13,15,18H,5,10-11,14H2,1-4H3,(H,25,27). The predicted octanol–water partition coefficient (Wildman–Crippen LogP) is 5.57. The van der Waals surface area contributed by atoms with Gasteiger partial charge in [-0.2, -0.15) is 0 Å². The van der Waals surface area contributed by atoms with E-state index in [4.69, 9.17) is 0 Å². The Bertz CT molecular complexity index is 833. The van der Waals surface area contributed by atoms with Gasteiger partial charge in [0.05, 0.1) is 0 Å². The third-order valence-electron chi connectivity index (χ3n) is 5.94. The lowest BCUT2D eigenvalue weighted by molar-refractivity contribution is 0.102. The number of nitrogens with zero attached hydrogens (tertiary/aromatic N) is 1. The minimum Gasteiger partial charge on any atom is -0.371 e. The SMILES string of the molecule is CCC(C)C1CCN(c2ccc(NC(=O)c3cc(F)ccc3C)c(C)c2)C1. The number of anilines is 2. The maximum absolute atomic E-state index is 13.5. The molecule has 0 bridgehead atoms. The van der Waals surface area contributed by atoms with Gasteiger partial charge in [-0.15, -0.1) is 0 Å². The van der Waals surface area contributed by atoms with E-state index in [0.29, 0.717) is 5.56 Å². The highest BCUT2D eigenvalue weighted by Gasteiger charge is 2.26. The van der Waals surface area contributed by atoms with Crippen molar-refractivity contribution in [2.45, 2.75) is 40.5 Å². The van der Waals surface area contributed by atoms with Crippen LogP contribution in [0.3, 0.4) is 0 Å². The molecule has 1 fully saturated rings. The van der Waals surface area contributed by atoms with Crippen molar-refractivity contribution in [1.29, 1.82) is 0 Å². The minimum absolute atomic E-state index is 0.277. The van der Waals surface area contributed by atoms with Crippen molar-refractivity contribution in [3.63, 3.8) is 0 Å². The zero-order valence-electron chi connectivity index (χ0n) is 16.7. The second-order valence-electron chi connectivity index (χ2n) is 7.79.